The van der Waals surface area contributed by atoms with Crippen LogP contribution in [0.1, 0.15) is 5.56 Å². The fourth-order valence-corrected chi connectivity index (χ4v) is 7.02. The van der Waals surface area contributed by atoms with Crippen molar-refractivity contribution in [1.82, 2.24) is 0 Å². The molecule has 1 aliphatic rings. The van der Waals surface area contributed by atoms with E-state index in [1.807, 2.05) is 6.07 Å². The van der Waals surface area contributed by atoms with Crippen LogP contribution in [0.2, 0.25) is 0 Å². The molecule has 1 atom stereocenters. The first-order valence-corrected chi connectivity index (χ1v) is 8.79. The molecule has 7 heteroatoms. The summed E-state index contributed by atoms with van der Waals surface area (Å²) in [5.74, 6) is 1.19. The van der Waals surface area contributed by atoms with Gasteiger partial charge in [-0.2, -0.15) is 0 Å². The highest BCUT2D eigenvalue weighted by molar-refractivity contribution is 9.06. The highest BCUT2D eigenvalue weighted by Gasteiger charge is 2.30. The monoisotopic (exact) mass is 291 g/mol. The van der Waals surface area contributed by atoms with Gasteiger partial charge in [-0.15, -0.1) is 0 Å². The Hall–Kier alpha value is -0.370. The second-order valence-corrected chi connectivity index (χ2v) is 7.98. The van der Waals surface area contributed by atoms with Crippen LogP contribution in [0.25, 0.3) is 0 Å². The molecule has 1 aromatic carbocycles. The molecule has 0 unspecified atom stereocenters. The number of methoxy groups -OCH3 is 2. The van der Waals surface area contributed by atoms with Crippen molar-refractivity contribution in [1.29, 1.82) is 0 Å². The molecule has 0 spiro atoms. The van der Waals surface area contributed by atoms with Gasteiger partial charge in [0.25, 0.3) is 0 Å². The summed E-state index contributed by atoms with van der Waals surface area (Å²) in [4.78, 5) is 1.74. The second-order valence-electron chi connectivity index (χ2n) is 3.35. The van der Waals surface area contributed by atoms with E-state index < -0.39 is 9.83 Å². The molecule has 2 N–H and O–H groups in total. The zero-order chi connectivity index (χ0) is 12.4. The largest absolute Gasteiger partial charge is 0.493 e. The first-order chi connectivity index (χ1) is 8.22. The molecule has 0 aliphatic carbocycles. The summed E-state index contributed by atoms with van der Waals surface area (Å²) in [6.45, 7) is 0.555. The van der Waals surface area contributed by atoms with Crippen molar-refractivity contribution in [2.45, 2.75) is 16.2 Å². The van der Waals surface area contributed by atoms with Crippen LogP contribution in [0.3, 0.4) is 0 Å². The van der Waals surface area contributed by atoms with Crippen molar-refractivity contribution in [3.8, 4) is 11.5 Å². The van der Waals surface area contributed by atoms with E-state index in [2.05, 4.69) is 0 Å². The fourth-order valence-electron chi connectivity index (χ4n) is 1.68. The van der Waals surface area contributed by atoms with Crippen molar-refractivity contribution in [3.63, 3.8) is 0 Å². The van der Waals surface area contributed by atoms with Crippen molar-refractivity contribution in [3.05, 3.63) is 11.6 Å². The Labute approximate surface area is 110 Å². The van der Waals surface area contributed by atoms with Crippen LogP contribution in [0, 0.1) is 0 Å². The van der Waals surface area contributed by atoms with Gasteiger partial charge in [0.1, 0.15) is 14.7 Å². The molecule has 1 heterocycles. The molecule has 94 valence electrons. The lowest BCUT2D eigenvalue weighted by molar-refractivity contribution is 0.345. The Morgan fingerprint density at radius 1 is 1.41 bits per heavy atom. The maximum Gasteiger partial charge on any atom is 0.179 e. The zero-order valence-electron chi connectivity index (χ0n) is 9.52. The zero-order valence-corrected chi connectivity index (χ0v) is 12.0. The molecule has 1 aromatic rings. The molecule has 4 nitrogen and oxygen atoms in total. The van der Waals surface area contributed by atoms with Gasteiger partial charge in [-0.1, -0.05) is 0 Å². The molecule has 0 saturated carbocycles. The minimum atomic E-state index is -1.10. The number of fused-ring (bicyclic) bond motifs is 1. The molecule has 2 rings (SSSR count). The van der Waals surface area contributed by atoms with Crippen molar-refractivity contribution in [2.75, 3.05) is 20.8 Å². The molecule has 0 fully saturated rings. The van der Waals surface area contributed by atoms with Gasteiger partial charge in [0, 0.05) is 14.7 Å². The molecule has 17 heavy (non-hydrogen) atoms. The van der Waals surface area contributed by atoms with Gasteiger partial charge in [-0.05, 0) is 35.4 Å². The van der Waals surface area contributed by atoms with Crippen LogP contribution in [-0.4, -0.2) is 25.0 Å². The number of hydrogen-bond acceptors (Lipinski definition) is 6. The number of benzene rings is 1. The first kappa shape index (κ1) is 13.1. The second kappa shape index (κ2) is 5.51. The Kier molecular flexibility index (Phi) is 4.24. The van der Waals surface area contributed by atoms with Crippen molar-refractivity contribution < 1.29 is 13.7 Å². The minimum absolute atomic E-state index is 0.555. The van der Waals surface area contributed by atoms with Crippen molar-refractivity contribution in [2.24, 2.45) is 5.73 Å². The summed E-state index contributed by atoms with van der Waals surface area (Å²) in [5, 5.41) is 0. The molecular weight excluding hydrogens is 278 g/mol. The number of rotatable bonds is 4. The number of nitrogens with two attached hydrogens (primary N) is 1. The van der Waals surface area contributed by atoms with Gasteiger partial charge < -0.3 is 15.2 Å². The predicted molar refractivity (Wildman–Crippen MR) is 72.2 cm³/mol. The molecule has 0 amide bonds. The van der Waals surface area contributed by atoms with E-state index in [4.69, 9.17) is 15.2 Å². The Balaban J connectivity index is 2.63. The predicted octanol–water partition coefficient (Wildman–Crippen LogP) is 1.98. The van der Waals surface area contributed by atoms with E-state index in [1.54, 1.807) is 14.2 Å². The van der Waals surface area contributed by atoms with Crippen LogP contribution < -0.4 is 15.2 Å². The fraction of sp³-hybridized carbons (Fsp3) is 0.400. The summed E-state index contributed by atoms with van der Waals surface area (Å²) < 4.78 is 22.5. The Morgan fingerprint density at radius 3 is 2.76 bits per heavy atom. The normalized spacial score (nSPS) is 17.9. The van der Waals surface area contributed by atoms with E-state index in [9.17, 15) is 4.21 Å². The third-order valence-electron chi connectivity index (χ3n) is 2.42. The lowest BCUT2D eigenvalue weighted by Gasteiger charge is -2.13. The topological polar surface area (TPSA) is 61.6 Å². The average Bonchev–Trinajstić information content (AvgIpc) is 2.72. The van der Waals surface area contributed by atoms with Crippen LogP contribution in [0.15, 0.2) is 15.9 Å². The summed E-state index contributed by atoms with van der Waals surface area (Å²) in [7, 11) is 4.88. The van der Waals surface area contributed by atoms with E-state index in [1.165, 1.54) is 20.6 Å². The van der Waals surface area contributed by atoms with E-state index in [0.717, 1.165) is 21.8 Å². The Bertz CT molecular complexity index is 465. The van der Waals surface area contributed by atoms with Gasteiger partial charge >= 0.3 is 0 Å². The summed E-state index contributed by atoms with van der Waals surface area (Å²) in [6.07, 6.45) is 0.743. The molecule has 0 radical (unpaired) electrons. The molecular formula is C10H13NO3S3. The first-order valence-electron chi connectivity index (χ1n) is 4.97. The molecule has 0 aromatic heterocycles. The summed E-state index contributed by atoms with van der Waals surface area (Å²) in [6, 6.07) is 1.92. The maximum absolute atomic E-state index is 12.0. The van der Waals surface area contributed by atoms with E-state index in [-0.39, 0.29) is 0 Å². The third kappa shape index (κ3) is 2.29. The maximum atomic E-state index is 12.0. The molecule has 0 bridgehead atoms. The lowest BCUT2D eigenvalue weighted by atomic mass is 10.1. The summed E-state index contributed by atoms with van der Waals surface area (Å²) in [5.41, 5.74) is 6.66. The third-order valence-corrected chi connectivity index (χ3v) is 7.39. The van der Waals surface area contributed by atoms with Gasteiger partial charge in [-0.3, -0.25) is 0 Å². The number of hydrogen-bond donors (Lipinski definition) is 1. The minimum Gasteiger partial charge on any atom is -0.493 e. The van der Waals surface area contributed by atoms with Gasteiger partial charge in [-0.25, -0.2) is 4.21 Å². The van der Waals surface area contributed by atoms with Gasteiger partial charge in [0.2, 0.25) is 0 Å². The smallest absolute Gasteiger partial charge is 0.179 e. The van der Waals surface area contributed by atoms with E-state index >= 15 is 0 Å². The Morgan fingerprint density at radius 2 is 2.18 bits per heavy atom. The number of ether oxygens (including phenoxy) is 2. The van der Waals surface area contributed by atoms with Crippen LogP contribution in [0.4, 0.5) is 0 Å². The average molecular weight is 291 g/mol. The van der Waals surface area contributed by atoms with Crippen LogP contribution in [0.5, 0.6) is 11.5 Å². The molecule has 1 aliphatic heterocycles. The van der Waals surface area contributed by atoms with Crippen LogP contribution in [-0.2, 0) is 16.3 Å². The quantitative estimate of drug-likeness (QED) is 0.856. The van der Waals surface area contributed by atoms with Crippen LogP contribution >= 0.6 is 20.6 Å². The standard InChI is InChI=1S/C10H13NO3S3/c1-13-7-5-6(3-4-11)9-10(8(7)14-2)17(12)16-15-9/h5H,3-4,11H2,1-2H3/t17-/m0/s1. The van der Waals surface area contributed by atoms with Gasteiger partial charge in [0.15, 0.2) is 11.5 Å². The summed E-state index contributed by atoms with van der Waals surface area (Å²) >= 11 is 0. The van der Waals surface area contributed by atoms with Crippen molar-refractivity contribution >= 4 is 30.5 Å². The van der Waals surface area contributed by atoms with E-state index in [0.29, 0.717) is 18.0 Å². The van der Waals surface area contributed by atoms with Gasteiger partial charge in [0.05, 0.1) is 14.2 Å². The SMILES string of the molecule is COc1cc(CCN)c2c(c1OC)[S@@](=O)SS2. The molecule has 0 saturated heterocycles. The highest BCUT2D eigenvalue weighted by Crippen LogP contribution is 2.55. The highest BCUT2D eigenvalue weighted by atomic mass is 33.5. The lowest BCUT2D eigenvalue weighted by Crippen LogP contribution is -2.05.